The molecule has 2 fully saturated rings. The molecular formula is C15H26ClNO. The van der Waals surface area contributed by atoms with E-state index in [0.29, 0.717) is 23.4 Å². The summed E-state index contributed by atoms with van der Waals surface area (Å²) in [5.41, 5.74) is 0. The average molecular weight is 272 g/mol. The van der Waals surface area contributed by atoms with Crippen LogP contribution in [0.4, 0.5) is 0 Å². The fourth-order valence-electron chi connectivity index (χ4n) is 3.63. The maximum Gasteiger partial charge on any atom is 0.226 e. The Bertz CT molecular complexity index is 280. The minimum Gasteiger partial charge on any atom is -0.336 e. The number of rotatable bonds is 5. The van der Waals surface area contributed by atoms with Gasteiger partial charge < -0.3 is 4.90 Å². The van der Waals surface area contributed by atoms with E-state index in [1.807, 2.05) is 0 Å². The van der Waals surface area contributed by atoms with Crippen LogP contribution in [0.2, 0.25) is 0 Å². The number of alkyl halides is 1. The number of carbonyl (C=O) groups excluding carboxylic acids is 1. The van der Waals surface area contributed by atoms with Crippen molar-refractivity contribution in [2.45, 2.75) is 82.7 Å². The van der Waals surface area contributed by atoms with E-state index in [1.54, 1.807) is 0 Å². The average Bonchev–Trinajstić information content (AvgIpc) is 2.62. The van der Waals surface area contributed by atoms with Crippen LogP contribution in [-0.2, 0) is 4.79 Å². The number of carbonyl (C=O) groups is 1. The smallest absolute Gasteiger partial charge is 0.226 e. The second-order valence-corrected chi connectivity index (χ2v) is 6.56. The summed E-state index contributed by atoms with van der Waals surface area (Å²) in [6.07, 6.45) is 8.76. The Morgan fingerprint density at radius 2 is 1.89 bits per heavy atom. The van der Waals surface area contributed by atoms with Crippen molar-refractivity contribution in [1.29, 1.82) is 0 Å². The van der Waals surface area contributed by atoms with Gasteiger partial charge in [0.15, 0.2) is 0 Å². The Morgan fingerprint density at radius 3 is 2.39 bits per heavy atom. The predicted molar refractivity (Wildman–Crippen MR) is 75.8 cm³/mol. The van der Waals surface area contributed by atoms with Gasteiger partial charge in [0.2, 0.25) is 5.91 Å². The molecule has 0 aromatic heterocycles. The van der Waals surface area contributed by atoms with Crippen LogP contribution in [0.5, 0.6) is 0 Å². The lowest BCUT2D eigenvalue weighted by Crippen LogP contribution is -2.49. The number of amides is 1. The van der Waals surface area contributed by atoms with Gasteiger partial charge >= 0.3 is 0 Å². The first-order valence-electron chi connectivity index (χ1n) is 7.63. The lowest BCUT2D eigenvalue weighted by Gasteiger charge is -2.39. The van der Waals surface area contributed by atoms with Gasteiger partial charge in [0.1, 0.15) is 0 Å². The van der Waals surface area contributed by atoms with Crippen molar-refractivity contribution in [3.05, 3.63) is 0 Å². The first-order valence-corrected chi connectivity index (χ1v) is 8.07. The quantitative estimate of drug-likeness (QED) is 0.693. The molecule has 3 unspecified atom stereocenters. The van der Waals surface area contributed by atoms with Gasteiger partial charge in [-0.05, 0) is 38.5 Å². The Hall–Kier alpha value is -0.240. The van der Waals surface area contributed by atoms with Gasteiger partial charge in [0.05, 0.1) is 0 Å². The molecule has 1 amide bonds. The number of halogens is 1. The standard InChI is InChI=1S/C15H26ClNO/c1-3-5-6-11(4-2)15(18)17-13-7-8-14(17)10-12(16)9-13/h11-14H,3-10H2,1-2H3. The number of nitrogens with zero attached hydrogens (tertiary/aromatic N) is 1. The van der Waals surface area contributed by atoms with Crippen molar-refractivity contribution in [3.63, 3.8) is 0 Å². The molecule has 0 spiro atoms. The first kappa shape index (κ1) is 14.2. The number of hydrogen-bond acceptors (Lipinski definition) is 1. The second-order valence-electron chi connectivity index (χ2n) is 5.95. The third-order valence-electron chi connectivity index (χ3n) is 4.68. The first-order chi connectivity index (χ1) is 8.67. The van der Waals surface area contributed by atoms with E-state index in [-0.39, 0.29) is 5.92 Å². The van der Waals surface area contributed by atoms with Gasteiger partial charge in [-0.3, -0.25) is 4.79 Å². The highest BCUT2D eigenvalue weighted by molar-refractivity contribution is 6.20. The van der Waals surface area contributed by atoms with E-state index in [4.69, 9.17) is 11.6 Å². The molecule has 0 aromatic carbocycles. The number of hydrogen-bond donors (Lipinski definition) is 0. The fourth-order valence-corrected chi connectivity index (χ4v) is 4.05. The lowest BCUT2D eigenvalue weighted by molar-refractivity contribution is -0.140. The molecule has 0 saturated carbocycles. The highest BCUT2D eigenvalue weighted by atomic mass is 35.5. The van der Waals surface area contributed by atoms with E-state index in [1.165, 1.54) is 25.7 Å². The fraction of sp³-hybridized carbons (Fsp3) is 0.933. The van der Waals surface area contributed by atoms with Crippen LogP contribution in [-0.4, -0.2) is 28.3 Å². The van der Waals surface area contributed by atoms with Crippen molar-refractivity contribution in [3.8, 4) is 0 Å². The molecule has 3 heteroatoms. The van der Waals surface area contributed by atoms with Crippen molar-refractivity contribution in [1.82, 2.24) is 4.90 Å². The third-order valence-corrected chi connectivity index (χ3v) is 5.03. The molecule has 2 nitrogen and oxygen atoms in total. The topological polar surface area (TPSA) is 20.3 Å². The molecule has 2 bridgehead atoms. The van der Waals surface area contributed by atoms with E-state index in [9.17, 15) is 4.79 Å². The molecule has 2 rings (SSSR count). The minimum absolute atomic E-state index is 0.250. The van der Waals surface area contributed by atoms with Gasteiger partial charge in [0, 0.05) is 23.4 Å². The summed E-state index contributed by atoms with van der Waals surface area (Å²) in [5, 5.41) is 0.294. The van der Waals surface area contributed by atoms with Crippen LogP contribution in [0.3, 0.4) is 0 Å². The van der Waals surface area contributed by atoms with Crippen molar-refractivity contribution >= 4 is 17.5 Å². The Morgan fingerprint density at radius 1 is 1.28 bits per heavy atom. The van der Waals surface area contributed by atoms with Crippen LogP contribution in [0.15, 0.2) is 0 Å². The highest BCUT2D eigenvalue weighted by Gasteiger charge is 2.43. The summed E-state index contributed by atoms with van der Waals surface area (Å²) in [7, 11) is 0. The molecular weight excluding hydrogens is 246 g/mol. The van der Waals surface area contributed by atoms with Crippen molar-refractivity contribution in [2.75, 3.05) is 0 Å². The number of unbranched alkanes of at least 4 members (excludes halogenated alkanes) is 1. The molecule has 104 valence electrons. The zero-order chi connectivity index (χ0) is 13.1. The normalized spacial score (nSPS) is 32.6. The SMILES string of the molecule is CCCCC(CC)C(=O)N1C2CCC1CC(Cl)C2. The van der Waals surface area contributed by atoms with Gasteiger partial charge in [0.25, 0.3) is 0 Å². The van der Waals surface area contributed by atoms with Gasteiger partial charge in [-0.25, -0.2) is 0 Å². The van der Waals surface area contributed by atoms with Gasteiger partial charge in [-0.2, -0.15) is 0 Å². The molecule has 18 heavy (non-hydrogen) atoms. The zero-order valence-electron chi connectivity index (χ0n) is 11.7. The highest BCUT2D eigenvalue weighted by Crippen LogP contribution is 2.39. The van der Waals surface area contributed by atoms with E-state index in [2.05, 4.69) is 18.7 Å². The Balaban J connectivity index is 2.00. The van der Waals surface area contributed by atoms with E-state index in [0.717, 1.165) is 25.7 Å². The maximum atomic E-state index is 12.7. The molecule has 2 heterocycles. The summed E-state index contributed by atoms with van der Waals surface area (Å²) in [5.74, 6) is 0.668. The van der Waals surface area contributed by atoms with Crippen LogP contribution in [0.25, 0.3) is 0 Å². The minimum atomic E-state index is 0.250. The van der Waals surface area contributed by atoms with Crippen LogP contribution >= 0.6 is 11.6 Å². The van der Waals surface area contributed by atoms with Crippen LogP contribution in [0, 0.1) is 5.92 Å². The molecule has 0 radical (unpaired) electrons. The Labute approximate surface area is 116 Å². The van der Waals surface area contributed by atoms with E-state index < -0.39 is 0 Å². The number of piperidine rings is 1. The lowest BCUT2D eigenvalue weighted by atomic mass is 9.94. The summed E-state index contributed by atoms with van der Waals surface area (Å²) < 4.78 is 0. The Kier molecular flexibility index (Phi) is 4.94. The molecule has 2 aliphatic heterocycles. The largest absolute Gasteiger partial charge is 0.336 e. The zero-order valence-corrected chi connectivity index (χ0v) is 12.5. The molecule has 0 aliphatic carbocycles. The van der Waals surface area contributed by atoms with E-state index >= 15 is 0 Å². The monoisotopic (exact) mass is 271 g/mol. The summed E-state index contributed by atoms with van der Waals surface area (Å²) >= 11 is 6.28. The summed E-state index contributed by atoms with van der Waals surface area (Å²) in [4.78, 5) is 14.9. The maximum absolute atomic E-state index is 12.7. The number of fused-ring (bicyclic) bond motifs is 2. The molecule has 0 aromatic rings. The molecule has 2 saturated heterocycles. The third kappa shape index (κ3) is 2.84. The molecule has 3 atom stereocenters. The molecule has 0 N–H and O–H groups in total. The second kappa shape index (κ2) is 6.27. The molecule has 2 aliphatic rings. The predicted octanol–water partition coefficient (Wildman–Crippen LogP) is 3.96. The summed E-state index contributed by atoms with van der Waals surface area (Å²) in [6.45, 7) is 4.34. The van der Waals surface area contributed by atoms with Crippen LogP contribution in [0.1, 0.15) is 65.2 Å². The van der Waals surface area contributed by atoms with Crippen LogP contribution < -0.4 is 0 Å². The van der Waals surface area contributed by atoms with Gasteiger partial charge in [-0.1, -0.05) is 26.7 Å². The summed E-state index contributed by atoms with van der Waals surface area (Å²) in [6, 6.07) is 0.879. The van der Waals surface area contributed by atoms with Gasteiger partial charge in [-0.15, -0.1) is 11.6 Å². The van der Waals surface area contributed by atoms with Crippen molar-refractivity contribution < 1.29 is 4.79 Å². The van der Waals surface area contributed by atoms with Crippen molar-refractivity contribution in [2.24, 2.45) is 5.92 Å².